The number of aromatic nitrogens is 2. The van der Waals surface area contributed by atoms with Crippen molar-refractivity contribution in [2.24, 2.45) is 0 Å². The monoisotopic (exact) mass is 1170 g/mol. The van der Waals surface area contributed by atoms with Gasteiger partial charge < -0.3 is 18.9 Å². The average Bonchev–Trinajstić information content (AvgIpc) is 4.15. The van der Waals surface area contributed by atoms with Gasteiger partial charge in [0.1, 0.15) is 5.65 Å². The predicted molar refractivity (Wildman–Crippen MR) is 318 cm³/mol. The van der Waals surface area contributed by atoms with Gasteiger partial charge in [0.15, 0.2) is 0 Å². The van der Waals surface area contributed by atoms with Crippen molar-refractivity contribution in [2.45, 2.75) is 0 Å². The zero-order valence-electron chi connectivity index (χ0n) is 41.8. The number of fused-ring (bicyclic) bond motifs is 15. The van der Waals surface area contributed by atoms with Gasteiger partial charge in [-0.1, -0.05) is 217 Å². The van der Waals surface area contributed by atoms with Crippen LogP contribution >= 0.6 is 0 Å². The van der Waals surface area contributed by atoms with Crippen molar-refractivity contribution in [3.63, 3.8) is 0 Å². The summed E-state index contributed by atoms with van der Waals surface area (Å²) in [5.74, 6) is 1.15. The van der Waals surface area contributed by atoms with Crippen LogP contribution in [-0.2, 0) is 21.1 Å². The van der Waals surface area contributed by atoms with Crippen molar-refractivity contribution in [1.82, 2.24) is 9.38 Å². The molecule has 0 atom stereocenters. The third-order valence-corrected chi connectivity index (χ3v) is 15.6. The summed E-state index contributed by atoms with van der Waals surface area (Å²) >= 11 is 0. The molecule has 5 heterocycles. The van der Waals surface area contributed by atoms with E-state index in [9.17, 15) is 0 Å². The molecule has 14 aromatic rings. The van der Waals surface area contributed by atoms with Crippen LogP contribution in [0.25, 0.3) is 115 Å². The first-order valence-electron chi connectivity index (χ1n) is 26.1. The standard InChI is InChI=1S/C72H43N4O.Pt/c1-4-19-46(20-5-1)49-41-64-59-30-15-11-26-55(59)54-25-10-14-29-58(54)63-34-18-40-73-72(63)76-68-44-51(37-39-61(68)65(42-49)70(64)76)77-50-36-38-60-56-27-12-13-28-57(56)62-33-17-35-66-71(62)75(67(60)43-50)45-74(66)69-52(47-21-6-2-7-22-47)31-16-32-53(69)48-23-8-3-9-24-48;/h1-42,45H;/q-3;. The van der Waals surface area contributed by atoms with E-state index in [2.05, 4.69) is 264 Å². The summed E-state index contributed by atoms with van der Waals surface area (Å²) in [6.07, 6.45) is 1.90. The van der Waals surface area contributed by atoms with Gasteiger partial charge in [-0.15, -0.1) is 41.9 Å². The predicted octanol–water partition coefficient (Wildman–Crippen LogP) is 19.1. The molecule has 0 N–H and O–H groups in total. The van der Waals surface area contributed by atoms with Gasteiger partial charge in [0, 0.05) is 88.8 Å². The Kier molecular flexibility index (Phi) is 10.8. The molecule has 0 saturated carbocycles. The molecular formula is C72H43N4OPt-3. The van der Waals surface area contributed by atoms with Crippen molar-refractivity contribution in [2.75, 3.05) is 9.80 Å². The van der Waals surface area contributed by atoms with Gasteiger partial charge in [-0.25, -0.2) is 4.98 Å². The Labute approximate surface area is 465 Å². The maximum absolute atomic E-state index is 7.06. The number of pyridine rings is 1. The van der Waals surface area contributed by atoms with Gasteiger partial charge in [0.05, 0.1) is 0 Å². The zero-order valence-corrected chi connectivity index (χ0v) is 44.1. The molecule has 5 nitrogen and oxygen atoms in total. The van der Waals surface area contributed by atoms with E-state index in [0.717, 1.165) is 133 Å². The first-order valence-corrected chi connectivity index (χ1v) is 26.1. The van der Waals surface area contributed by atoms with Gasteiger partial charge in [-0.05, 0) is 79.0 Å². The minimum absolute atomic E-state index is 0. The molecule has 3 aromatic heterocycles. The molecule has 0 aliphatic carbocycles. The molecule has 11 aromatic carbocycles. The van der Waals surface area contributed by atoms with Gasteiger partial charge in [-0.3, -0.25) is 0 Å². The number of rotatable bonds is 6. The summed E-state index contributed by atoms with van der Waals surface area (Å²) < 4.78 is 9.38. The van der Waals surface area contributed by atoms with E-state index in [-0.39, 0.29) is 21.1 Å². The molecule has 0 radical (unpaired) electrons. The first-order chi connectivity index (χ1) is 38.2. The second kappa shape index (κ2) is 18.3. The third kappa shape index (κ3) is 7.09. The number of benzene rings is 11. The molecule has 0 fully saturated rings. The SMILES string of the molecule is [Pt].[c-]1c(Oc2[c-]c3c(cc2)c2cc(-c4ccccc4)cc4c5ccccc5c5ccccc5c5cccnc5n3c42)ccc2c1N1[CH-]N(c3c(-c4ccccc4)cccc3-c3ccccc3)c3cccc(c31)-c1ccccc1-2. The van der Waals surface area contributed by atoms with Crippen LogP contribution in [0.15, 0.2) is 255 Å². The van der Waals surface area contributed by atoms with Crippen LogP contribution in [0.1, 0.15) is 0 Å². The Balaban J connectivity index is 0.00000529. The topological polar surface area (TPSA) is 33.0 Å². The minimum Gasteiger partial charge on any atom is -0.509 e. The fourth-order valence-electron chi connectivity index (χ4n) is 12.3. The Morgan fingerprint density at radius 3 is 1.55 bits per heavy atom. The smallest absolute Gasteiger partial charge is 0.143 e. The van der Waals surface area contributed by atoms with Crippen LogP contribution in [0.2, 0.25) is 0 Å². The van der Waals surface area contributed by atoms with Crippen LogP contribution in [0, 0.1) is 18.8 Å². The van der Waals surface area contributed by atoms with Crippen molar-refractivity contribution >= 4 is 82.5 Å². The molecule has 2 aliphatic rings. The number of ether oxygens (including phenoxy) is 1. The summed E-state index contributed by atoms with van der Waals surface area (Å²) in [5, 5.41) is 8.91. The molecule has 0 unspecified atom stereocenters. The summed E-state index contributed by atoms with van der Waals surface area (Å²) in [4.78, 5) is 9.93. The van der Waals surface area contributed by atoms with Gasteiger partial charge in [-0.2, -0.15) is 12.1 Å². The zero-order chi connectivity index (χ0) is 50.6. The second-order valence-corrected chi connectivity index (χ2v) is 19.9. The molecule has 0 saturated heterocycles. The number of hydrogen-bond acceptors (Lipinski definition) is 4. The van der Waals surface area contributed by atoms with E-state index in [0.29, 0.717) is 11.5 Å². The molecular weight excluding hydrogens is 1130 g/mol. The summed E-state index contributed by atoms with van der Waals surface area (Å²) in [6, 6.07) is 96.7. The van der Waals surface area contributed by atoms with Crippen LogP contribution in [0.3, 0.4) is 0 Å². The van der Waals surface area contributed by atoms with Gasteiger partial charge >= 0.3 is 0 Å². The molecule has 0 spiro atoms. The Morgan fingerprint density at radius 1 is 0.359 bits per heavy atom. The molecule has 6 heteroatoms. The van der Waals surface area contributed by atoms with Crippen molar-refractivity contribution in [1.29, 1.82) is 0 Å². The summed E-state index contributed by atoms with van der Waals surface area (Å²) in [5.41, 5.74) is 18.3. The minimum atomic E-state index is 0. The summed E-state index contributed by atoms with van der Waals surface area (Å²) in [6.45, 7) is 2.25. The first kappa shape index (κ1) is 45.8. The molecule has 2 aliphatic heterocycles. The van der Waals surface area contributed by atoms with Crippen molar-refractivity contribution in [3.8, 4) is 67.1 Å². The van der Waals surface area contributed by atoms with Gasteiger partial charge in [0.2, 0.25) is 0 Å². The number of para-hydroxylation sites is 2. The molecule has 78 heavy (non-hydrogen) atoms. The van der Waals surface area contributed by atoms with E-state index < -0.39 is 0 Å². The Morgan fingerprint density at radius 2 is 0.872 bits per heavy atom. The van der Waals surface area contributed by atoms with E-state index in [4.69, 9.17) is 9.72 Å². The van der Waals surface area contributed by atoms with Crippen LogP contribution in [0.4, 0.5) is 22.7 Å². The van der Waals surface area contributed by atoms with Crippen LogP contribution < -0.4 is 14.5 Å². The largest absolute Gasteiger partial charge is 0.509 e. The normalized spacial score (nSPS) is 12.4. The molecule has 370 valence electrons. The Bertz CT molecular complexity index is 4710. The van der Waals surface area contributed by atoms with Gasteiger partial charge in [0.25, 0.3) is 0 Å². The van der Waals surface area contributed by atoms with Crippen molar-refractivity contribution < 1.29 is 25.8 Å². The maximum atomic E-state index is 7.06. The fraction of sp³-hybridized carbons (Fsp3) is 0. The quantitative estimate of drug-likeness (QED) is 0.155. The van der Waals surface area contributed by atoms with E-state index in [1.165, 1.54) is 5.39 Å². The summed E-state index contributed by atoms with van der Waals surface area (Å²) in [7, 11) is 0. The van der Waals surface area contributed by atoms with E-state index in [1.807, 2.05) is 24.4 Å². The maximum Gasteiger partial charge on any atom is 0.143 e. The van der Waals surface area contributed by atoms with Crippen LogP contribution in [-0.4, -0.2) is 9.38 Å². The second-order valence-electron chi connectivity index (χ2n) is 19.9. The van der Waals surface area contributed by atoms with E-state index in [1.54, 1.807) is 0 Å². The van der Waals surface area contributed by atoms with Crippen molar-refractivity contribution in [3.05, 3.63) is 274 Å². The number of hydrogen-bond donors (Lipinski definition) is 0. The molecule has 16 rings (SSSR count). The number of anilines is 4. The average molecular weight is 1180 g/mol. The molecule has 0 bridgehead atoms. The fourth-order valence-corrected chi connectivity index (χ4v) is 12.3. The van der Waals surface area contributed by atoms with Crippen LogP contribution in [0.5, 0.6) is 11.5 Å². The van der Waals surface area contributed by atoms with E-state index >= 15 is 0 Å². The third-order valence-electron chi connectivity index (χ3n) is 15.6. The molecule has 0 amide bonds. The number of nitrogens with zero attached hydrogens (tertiary/aromatic N) is 4. The Hall–Kier alpha value is -9.54.